The molecule has 0 fully saturated rings. The lowest BCUT2D eigenvalue weighted by molar-refractivity contribution is 0.0693. The molecule has 0 unspecified atom stereocenters. The Bertz CT molecular complexity index is 780. The third kappa shape index (κ3) is 3.01. The van der Waals surface area contributed by atoms with Crippen LogP contribution in [-0.4, -0.2) is 35.0 Å². The number of hydrogen-bond donors (Lipinski definition) is 1. The highest BCUT2D eigenvalue weighted by molar-refractivity contribution is 5.97. The third-order valence-electron chi connectivity index (χ3n) is 3.72. The summed E-state index contributed by atoms with van der Waals surface area (Å²) in [4.78, 5) is 24.9. The fourth-order valence-electron chi connectivity index (χ4n) is 2.55. The fourth-order valence-corrected chi connectivity index (χ4v) is 2.55. The highest BCUT2D eigenvalue weighted by Crippen LogP contribution is 2.23. The van der Waals surface area contributed by atoms with E-state index in [1.54, 1.807) is 12.3 Å². The van der Waals surface area contributed by atoms with Crippen molar-refractivity contribution in [2.75, 3.05) is 13.1 Å². The Balaban J connectivity index is 1.81. The average Bonchev–Trinajstić information content (AvgIpc) is 3.08. The van der Waals surface area contributed by atoms with Crippen molar-refractivity contribution in [3.8, 4) is 0 Å². The number of rotatable bonds is 3. The van der Waals surface area contributed by atoms with Crippen molar-refractivity contribution in [3.05, 3.63) is 65.4 Å². The van der Waals surface area contributed by atoms with Gasteiger partial charge in [0.2, 0.25) is 0 Å². The minimum Gasteiger partial charge on any atom is -0.478 e. The van der Waals surface area contributed by atoms with Gasteiger partial charge in [-0.3, -0.25) is 4.79 Å². The van der Waals surface area contributed by atoms with Gasteiger partial charge in [0.05, 0.1) is 17.4 Å². The molecule has 2 heterocycles. The van der Waals surface area contributed by atoms with Gasteiger partial charge in [0.15, 0.2) is 0 Å². The second-order valence-electron chi connectivity index (χ2n) is 5.22. The van der Waals surface area contributed by atoms with Gasteiger partial charge in [0.25, 0.3) is 5.91 Å². The normalized spacial score (nSPS) is 14.5. The van der Waals surface area contributed by atoms with Crippen molar-refractivity contribution in [1.82, 2.24) is 4.90 Å². The van der Waals surface area contributed by atoms with Crippen molar-refractivity contribution in [2.24, 2.45) is 0 Å². The molecular weight excluding hydrogens is 301 g/mol. The molecule has 0 saturated carbocycles. The van der Waals surface area contributed by atoms with Crippen LogP contribution in [0.25, 0.3) is 5.57 Å². The molecule has 1 amide bonds. The molecule has 5 nitrogen and oxygen atoms in total. The summed E-state index contributed by atoms with van der Waals surface area (Å²) in [6.45, 7) is 0.801. The predicted molar refractivity (Wildman–Crippen MR) is 80.6 cm³/mol. The molecule has 0 aliphatic carbocycles. The van der Waals surface area contributed by atoms with E-state index in [1.807, 2.05) is 12.1 Å². The van der Waals surface area contributed by atoms with Crippen molar-refractivity contribution in [2.45, 2.75) is 6.42 Å². The minimum absolute atomic E-state index is 0.129. The zero-order chi connectivity index (χ0) is 16.4. The molecule has 0 radical (unpaired) electrons. The maximum absolute atomic E-state index is 14.0. The second-order valence-corrected chi connectivity index (χ2v) is 5.22. The number of nitrogens with zero attached hydrogens (tertiary/aromatic N) is 1. The maximum atomic E-state index is 14.0. The standard InChI is InChI=1S/C17H14FNO4/c18-14-9-11(17(21)22)5-6-13(14)16(20)19-7-1-3-12(10-19)15-4-2-8-23-15/h2-6,8-9H,1,7,10H2,(H,21,22). The summed E-state index contributed by atoms with van der Waals surface area (Å²) in [5, 5.41) is 8.85. The van der Waals surface area contributed by atoms with Crippen LogP contribution in [0.5, 0.6) is 0 Å². The number of aromatic carboxylic acids is 1. The molecular formula is C17H14FNO4. The highest BCUT2D eigenvalue weighted by Gasteiger charge is 2.24. The van der Waals surface area contributed by atoms with Gasteiger partial charge < -0.3 is 14.4 Å². The van der Waals surface area contributed by atoms with E-state index in [9.17, 15) is 14.0 Å². The second kappa shape index (κ2) is 6.08. The Morgan fingerprint density at radius 2 is 2.09 bits per heavy atom. The lowest BCUT2D eigenvalue weighted by atomic mass is 10.0. The van der Waals surface area contributed by atoms with Crippen LogP contribution >= 0.6 is 0 Å². The summed E-state index contributed by atoms with van der Waals surface area (Å²) in [5.41, 5.74) is 0.557. The van der Waals surface area contributed by atoms with Crippen molar-refractivity contribution >= 4 is 17.4 Å². The number of carbonyl (C=O) groups excluding carboxylic acids is 1. The van der Waals surface area contributed by atoms with Gasteiger partial charge in [-0.05, 0) is 36.8 Å². The fraction of sp³-hybridized carbons (Fsp3) is 0.176. The summed E-state index contributed by atoms with van der Waals surface area (Å²) < 4.78 is 19.4. The molecule has 2 aromatic rings. The van der Waals surface area contributed by atoms with E-state index < -0.39 is 17.7 Å². The summed E-state index contributed by atoms with van der Waals surface area (Å²) in [6, 6.07) is 6.88. The SMILES string of the molecule is O=C(O)c1ccc(C(=O)N2CCC=C(c3ccco3)C2)c(F)c1. The van der Waals surface area contributed by atoms with Gasteiger partial charge in [-0.15, -0.1) is 0 Å². The van der Waals surface area contributed by atoms with Gasteiger partial charge in [-0.25, -0.2) is 9.18 Å². The predicted octanol–water partition coefficient (Wildman–Crippen LogP) is 3.05. The first-order valence-corrected chi connectivity index (χ1v) is 7.11. The van der Waals surface area contributed by atoms with Crippen LogP contribution < -0.4 is 0 Å². The van der Waals surface area contributed by atoms with Crippen LogP contribution in [0, 0.1) is 5.82 Å². The Kier molecular flexibility index (Phi) is 3.97. The topological polar surface area (TPSA) is 70.8 Å². The monoisotopic (exact) mass is 315 g/mol. The first kappa shape index (κ1) is 15.0. The van der Waals surface area contributed by atoms with Crippen molar-refractivity contribution in [1.29, 1.82) is 0 Å². The number of carboxylic acids is 1. The van der Waals surface area contributed by atoms with Gasteiger partial charge in [-0.2, -0.15) is 0 Å². The number of furan rings is 1. The maximum Gasteiger partial charge on any atom is 0.335 e. The highest BCUT2D eigenvalue weighted by atomic mass is 19.1. The molecule has 23 heavy (non-hydrogen) atoms. The molecule has 6 heteroatoms. The van der Waals surface area contributed by atoms with Crippen LogP contribution in [-0.2, 0) is 0 Å². The average molecular weight is 315 g/mol. The number of carboxylic acid groups (broad SMARTS) is 1. The Hall–Kier alpha value is -2.89. The molecule has 3 rings (SSSR count). The Morgan fingerprint density at radius 3 is 2.74 bits per heavy atom. The molecule has 1 aliphatic rings. The van der Waals surface area contributed by atoms with E-state index in [0.29, 0.717) is 25.3 Å². The lowest BCUT2D eigenvalue weighted by Gasteiger charge is -2.27. The van der Waals surface area contributed by atoms with Crippen LogP contribution in [0.15, 0.2) is 47.1 Å². The van der Waals surface area contributed by atoms with E-state index in [4.69, 9.17) is 9.52 Å². The van der Waals surface area contributed by atoms with E-state index in [-0.39, 0.29) is 11.1 Å². The molecule has 1 N–H and O–H groups in total. The summed E-state index contributed by atoms with van der Waals surface area (Å²) in [7, 11) is 0. The smallest absolute Gasteiger partial charge is 0.335 e. The van der Waals surface area contributed by atoms with Crippen molar-refractivity contribution in [3.63, 3.8) is 0 Å². The number of amides is 1. The summed E-state index contributed by atoms with van der Waals surface area (Å²) in [5.74, 6) is -1.84. The van der Waals surface area contributed by atoms with Gasteiger partial charge in [0, 0.05) is 18.7 Å². The summed E-state index contributed by atoms with van der Waals surface area (Å²) in [6.07, 6.45) is 4.20. The zero-order valence-corrected chi connectivity index (χ0v) is 12.2. The number of halogens is 1. The Morgan fingerprint density at radius 1 is 1.26 bits per heavy atom. The minimum atomic E-state index is -1.23. The molecule has 0 saturated heterocycles. The largest absolute Gasteiger partial charge is 0.478 e. The quantitative estimate of drug-likeness (QED) is 0.945. The third-order valence-corrected chi connectivity index (χ3v) is 3.72. The molecule has 1 aliphatic heterocycles. The molecule has 0 spiro atoms. The van der Waals surface area contributed by atoms with Gasteiger partial charge in [-0.1, -0.05) is 6.08 Å². The molecule has 1 aromatic heterocycles. The number of benzene rings is 1. The molecule has 118 valence electrons. The first-order chi connectivity index (χ1) is 11.1. The zero-order valence-electron chi connectivity index (χ0n) is 12.2. The molecule has 0 atom stereocenters. The molecule has 1 aromatic carbocycles. The number of hydrogen-bond acceptors (Lipinski definition) is 3. The van der Waals surface area contributed by atoms with E-state index in [2.05, 4.69) is 0 Å². The van der Waals surface area contributed by atoms with Gasteiger partial charge >= 0.3 is 5.97 Å². The first-order valence-electron chi connectivity index (χ1n) is 7.11. The Labute approximate surface area is 131 Å². The molecule has 0 bridgehead atoms. The lowest BCUT2D eigenvalue weighted by Crippen LogP contribution is -2.36. The van der Waals surface area contributed by atoms with Crippen LogP contribution in [0.4, 0.5) is 4.39 Å². The summed E-state index contributed by atoms with van der Waals surface area (Å²) >= 11 is 0. The van der Waals surface area contributed by atoms with Crippen LogP contribution in [0.3, 0.4) is 0 Å². The van der Waals surface area contributed by atoms with Gasteiger partial charge in [0.1, 0.15) is 11.6 Å². The van der Waals surface area contributed by atoms with E-state index >= 15 is 0 Å². The van der Waals surface area contributed by atoms with E-state index in [1.165, 1.54) is 17.0 Å². The van der Waals surface area contributed by atoms with Crippen LogP contribution in [0.2, 0.25) is 0 Å². The number of carbonyl (C=O) groups is 2. The van der Waals surface area contributed by atoms with Crippen LogP contribution in [0.1, 0.15) is 32.9 Å². The van der Waals surface area contributed by atoms with Crippen molar-refractivity contribution < 1.29 is 23.5 Å². The van der Waals surface area contributed by atoms with E-state index in [0.717, 1.165) is 11.6 Å².